The van der Waals surface area contributed by atoms with Gasteiger partial charge in [0.2, 0.25) is 17.7 Å². The third-order valence-corrected chi connectivity index (χ3v) is 5.23. The van der Waals surface area contributed by atoms with Crippen LogP contribution in [0, 0.1) is 0 Å². The summed E-state index contributed by atoms with van der Waals surface area (Å²) in [6.45, 7) is 0. The molecule has 150 valence electrons. The van der Waals surface area contributed by atoms with Crippen molar-refractivity contribution in [2.75, 3.05) is 4.72 Å². The number of hydrogen-bond acceptors (Lipinski definition) is 6. The van der Waals surface area contributed by atoms with Crippen LogP contribution in [0.15, 0.2) is 102 Å². The predicted octanol–water partition coefficient (Wildman–Crippen LogP) is 4.86. The minimum absolute atomic E-state index is 0.0912. The number of ether oxygens (including phenoxy) is 2. The van der Waals surface area contributed by atoms with Gasteiger partial charge in [-0.1, -0.05) is 54.6 Å². The number of sulfonamides is 1. The number of hydrogen-bond donors (Lipinski definition) is 1. The normalized spacial score (nSPS) is 10.9. The Morgan fingerprint density at radius 2 is 1.07 bits per heavy atom. The number of nitrogens with one attached hydrogen (secondary N) is 1. The average Bonchev–Trinajstić information content (AvgIpc) is 2.75. The highest BCUT2D eigenvalue weighted by molar-refractivity contribution is 7.92. The van der Waals surface area contributed by atoms with Crippen molar-refractivity contribution in [3.8, 4) is 23.3 Å². The molecule has 4 aromatic rings. The molecule has 1 aromatic heterocycles. The van der Waals surface area contributed by atoms with Crippen LogP contribution in [0.3, 0.4) is 0 Å². The number of nitrogens with zero attached hydrogens (tertiary/aromatic N) is 2. The van der Waals surface area contributed by atoms with Crippen molar-refractivity contribution < 1.29 is 17.9 Å². The highest BCUT2D eigenvalue weighted by atomic mass is 32.2. The Hall–Kier alpha value is -3.91. The van der Waals surface area contributed by atoms with Crippen LogP contribution in [-0.4, -0.2) is 18.4 Å². The molecule has 3 aromatic carbocycles. The first-order chi connectivity index (χ1) is 14.6. The summed E-state index contributed by atoms with van der Waals surface area (Å²) < 4.78 is 39.2. The summed E-state index contributed by atoms with van der Waals surface area (Å²) >= 11 is 0. The van der Waals surface area contributed by atoms with Crippen molar-refractivity contribution in [1.82, 2.24) is 9.97 Å². The maximum atomic E-state index is 12.7. The molecule has 1 heterocycles. The second-order valence-electron chi connectivity index (χ2n) is 6.12. The molecule has 4 rings (SSSR count). The van der Waals surface area contributed by atoms with Crippen molar-refractivity contribution >= 4 is 16.0 Å². The molecule has 0 aliphatic rings. The zero-order valence-corrected chi connectivity index (χ0v) is 16.5. The minimum Gasteiger partial charge on any atom is -0.439 e. The van der Waals surface area contributed by atoms with Gasteiger partial charge in [-0.25, -0.2) is 13.1 Å². The molecule has 1 N–H and O–H groups in total. The van der Waals surface area contributed by atoms with E-state index in [0.29, 0.717) is 11.5 Å². The van der Waals surface area contributed by atoms with E-state index >= 15 is 0 Å². The molecule has 0 spiro atoms. The van der Waals surface area contributed by atoms with Crippen molar-refractivity contribution in [2.24, 2.45) is 0 Å². The highest BCUT2D eigenvalue weighted by Gasteiger charge is 2.17. The summed E-state index contributed by atoms with van der Waals surface area (Å²) in [7, 11) is -3.88. The fraction of sp³-hybridized carbons (Fsp3) is 0. The van der Waals surface area contributed by atoms with E-state index in [2.05, 4.69) is 14.7 Å². The van der Waals surface area contributed by atoms with Gasteiger partial charge in [-0.2, -0.15) is 9.97 Å². The molecule has 8 heteroatoms. The first-order valence-electron chi connectivity index (χ1n) is 9.01. The zero-order valence-electron chi connectivity index (χ0n) is 15.7. The zero-order chi connectivity index (χ0) is 20.8. The fourth-order valence-electron chi connectivity index (χ4n) is 2.55. The number of anilines is 1. The smallest absolute Gasteiger partial charge is 0.264 e. The molecule has 0 unspecified atom stereocenters. The monoisotopic (exact) mass is 419 g/mol. The Kier molecular flexibility index (Phi) is 5.58. The predicted molar refractivity (Wildman–Crippen MR) is 112 cm³/mol. The fourth-order valence-corrected chi connectivity index (χ4v) is 3.52. The lowest BCUT2D eigenvalue weighted by atomic mass is 10.3. The SMILES string of the molecule is O=S(=O)(Nc1nc(Oc2ccccc2)cc(Oc2ccccc2)n1)c1ccccc1. The van der Waals surface area contributed by atoms with E-state index in [4.69, 9.17) is 9.47 Å². The van der Waals surface area contributed by atoms with Crippen LogP contribution in [0.25, 0.3) is 0 Å². The molecule has 0 saturated heterocycles. The topological polar surface area (TPSA) is 90.4 Å². The van der Waals surface area contributed by atoms with Crippen LogP contribution >= 0.6 is 0 Å². The maximum Gasteiger partial charge on any atom is 0.264 e. The average molecular weight is 419 g/mol. The van der Waals surface area contributed by atoms with Gasteiger partial charge in [-0.15, -0.1) is 0 Å². The van der Waals surface area contributed by atoms with Gasteiger partial charge in [-0.3, -0.25) is 0 Å². The van der Waals surface area contributed by atoms with Gasteiger partial charge in [0.05, 0.1) is 11.0 Å². The Morgan fingerprint density at radius 3 is 1.53 bits per heavy atom. The first-order valence-corrected chi connectivity index (χ1v) is 10.5. The summed E-state index contributed by atoms with van der Waals surface area (Å²) in [6, 6.07) is 27.5. The molecule has 0 atom stereocenters. The van der Waals surface area contributed by atoms with Gasteiger partial charge in [-0.05, 0) is 36.4 Å². The Morgan fingerprint density at radius 1 is 0.633 bits per heavy atom. The van der Waals surface area contributed by atoms with Crippen LogP contribution in [-0.2, 0) is 10.0 Å². The molecule has 0 aliphatic carbocycles. The van der Waals surface area contributed by atoms with Gasteiger partial charge in [0.1, 0.15) is 11.5 Å². The Labute approximate surface area is 174 Å². The molecule has 0 fully saturated rings. The van der Waals surface area contributed by atoms with Crippen molar-refractivity contribution in [3.63, 3.8) is 0 Å². The van der Waals surface area contributed by atoms with E-state index in [1.54, 1.807) is 42.5 Å². The van der Waals surface area contributed by atoms with E-state index in [0.717, 1.165) is 0 Å². The van der Waals surface area contributed by atoms with Crippen LogP contribution in [0.1, 0.15) is 0 Å². The molecule has 0 bridgehead atoms. The van der Waals surface area contributed by atoms with E-state index in [1.165, 1.54) is 18.2 Å². The second kappa shape index (κ2) is 8.62. The number of aromatic nitrogens is 2. The van der Waals surface area contributed by atoms with Crippen LogP contribution < -0.4 is 14.2 Å². The quantitative estimate of drug-likeness (QED) is 0.460. The van der Waals surface area contributed by atoms with Gasteiger partial charge in [0.15, 0.2) is 0 Å². The summed E-state index contributed by atoms with van der Waals surface area (Å²) in [4.78, 5) is 8.45. The van der Waals surface area contributed by atoms with Gasteiger partial charge >= 0.3 is 0 Å². The summed E-state index contributed by atoms with van der Waals surface area (Å²) in [5, 5.41) is 0. The largest absolute Gasteiger partial charge is 0.439 e. The van der Waals surface area contributed by atoms with E-state index in [9.17, 15) is 8.42 Å². The van der Waals surface area contributed by atoms with Crippen molar-refractivity contribution in [1.29, 1.82) is 0 Å². The van der Waals surface area contributed by atoms with E-state index in [-0.39, 0.29) is 22.6 Å². The molecule has 0 aliphatic heterocycles. The molecule has 0 radical (unpaired) electrons. The maximum absolute atomic E-state index is 12.7. The highest BCUT2D eigenvalue weighted by Crippen LogP contribution is 2.27. The number of benzene rings is 3. The van der Waals surface area contributed by atoms with E-state index < -0.39 is 10.0 Å². The summed E-state index contributed by atoms with van der Waals surface area (Å²) in [5.74, 6) is 1.18. The minimum atomic E-state index is -3.88. The summed E-state index contributed by atoms with van der Waals surface area (Å²) in [5.41, 5.74) is 0. The first kappa shape index (κ1) is 19.4. The lowest BCUT2D eigenvalue weighted by molar-refractivity contribution is 0.435. The van der Waals surface area contributed by atoms with Gasteiger partial charge < -0.3 is 9.47 Å². The number of rotatable bonds is 7. The molecule has 7 nitrogen and oxygen atoms in total. The standard InChI is InChI=1S/C22H17N3O4S/c26-30(27,19-14-8-3-9-15-19)25-22-23-20(28-17-10-4-1-5-11-17)16-21(24-22)29-18-12-6-2-7-13-18/h1-16H,(H,23,24,25). The third-order valence-electron chi connectivity index (χ3n) is 3.89. The van der Waals surface area contributed by atoms with Gasteiger partial charge in [0, 0.05) is 0 Å². The second-order valence-corrected chi connectivity index (χ2v) is 7.80. The molecule has 30 heavy (non-hydrogen) atoms. The number of para-hydroxylation sites is 2. The van der Waals surface area contributed by atoms with Crippen molar-refractivity contribution in [3.05, 3.63) is 97.1 Å². The van der Waals surface area contributed by atoms with Crippen LogP contribution in [0.5, 0.6) is 23.3 Å². The lowest BCUT2D eigenvalue weighted by Gasteiger charge is -2.11. The van der Waals surface area contributed by atoms with Crippen LogP contribution in [0.4, 0.5) is 5.95 Å². The molecular formula is C22H17N3O4S. The van der Waals surface area contributed by atoms with Gasteiger partial charge in [0.25, 0.3) is 10.0 Å². The van der Waals surface area contributed by atoms with Crippen molar-refractivity contribution in [2.45, 2.75) is 4.90 Å². The Balaban J connectivity index is 1.67. The molecule has 0 saturated carbocycles. The third kappa shape index (κ3) is 4.92. The lowest BCUT2D eigenvalue weighted by Crippen LogP contribution is -2.15. The van der Waals surface area contributed by atoms with Crippen LogP contribution in [0.2, 0.25) is 0 Å². The molecular weight excluding hydrogens is 402 g/mol. The molecule has 0 amide bonds. The van der Waals surface area contributed by atoms with E-state index in [1.807, 2.05) is 36.4 Å². The summed E-state index contributed by atoms with van der Waals surface area (Å²) in [6.07, 6.45) is 0. The Bertz CT molecular complexity index is 1160.